The lowest BCUT2D eigenvalue weighted by molar-refractivity contribution is -0.165. The van der Waals surface area contributed by atoms with Crippen molar-refractivity contribution in [1.82, 2.24) is 0 Å². The van der Waals surface area contributed by atoms with Crippen LogP contribution in [0.3, 0.4) is 0 Å². The Morgan fingerprint density at radius 3 is 2.46 bits per heavy atom. The number of methoxy groups -OCH3 is 1. The molecule has 0 amide bonds. The second-order valence-corrected chi connectivity index (χ2v) is 9.17. The van der Waals surface area contributed by atoms with Gasteiger partial charge in [0.05, 0.1) is 13.0 Å². The van der Waals surface area contributed by atoms with Crippen LogP contribution in [0.15, 0.2) is 24.3 Å². The molecule has 144 valence electrons. The summed E-state index contributed by atoms with van der Waals surface area (Å²) in [6, 6.07) is 8.34. The zero-order valence-electron chi connectivity index (χ0n) is 17.2. The van der Waals surface area contributed by atoms with Gasteiger partial charge >= 0.3 is 5.97 Å². The Hall–Kier alpha value is -1.51. The molecule has 0 unspecified atom stereocenters. The van der Waals surface area contributed by atoms with E-state index >= 15 is 0 Å². The standard InChI is InChI=1S/C23H34O3/c1-7-15(2)21(24)26-20-18(14-16-8-10-17(25-6)11-9-16)19-12-13-23(20,5)22(19,3)4/h8-11,15,18-20H,7,12-14H2,1-6H3/t15-,18+,19-,20-,23+/m1/s1. The molecule has 1 aromatic carbocycles. The molecule has 0 N–H and O–H groups in total. The molecule has 1 aromatic rings. The van der Waals surface area contributed by atoms with Crippen LogP contribution in [0.25, 0.3) is 0 Å². The Balaban J connectivity index is 1.86. The molecule has 0 aliphatic heterocycles. The molecule has 5 atom stereocenters. The van der Waals surface area contributed by atoms with E-state index < -0.39 is 0 Å². The third-order valence-electron chi connectivity index (χ3n) is 7.80. The van der Waals surface area contributed by atoms with Gasteiger partial charge in [-0.2, -0.15) is 0 Å². The fourth-order valence-corrected chi connectivity index (χ4v) is 5.41. The van der Waals surface area contributed by atoms with Crippen LogP contribution in [0.5, 0.6) is 5.75 Å². The van der Waals surface area contributed by atoms with E-state index in [0.717, 1.165) is 25.0 Å². The predicted molar refractivity (Wildman–Crippen MR) is 104 cm³/mol. The van der Waals surface area contributed by atoms with Crippen molar-refractivity contribution in [3.8, 4) is 5.75 Å². The minimum absolute atomic E-state index is 0.0138. The number of fused-ring (bicyclic) bond motifs is 2. The summed E-state index contributed by atoms with van der Waals surface area (Å²) in [7, 11) is 1.69. The van der Waals surface area contributed by atoms with E-state index in [2.05, 4.69) is 32.9 Å². The molecule has 2 aliphatic carbocycles. The highest BCUT2D eigenvalue weighted by Gasteiger charge is 2.67. The number of carbonyl (C=O) groups is 1. The van der Waals surface area contributed by atoms with Crippen molar-refractivity contribution >= 4 is 5.97 Å². The van der Waals surface area contributed by atoms with E-state index in [-0.39, 0.29) is 28.8 Å². The lowest BCUT2D eigenvalue weighted by atomic mass is 9.70. The highest BCUT2D eigenvalue weighted by atomic mass is 16.5. The monoisotopic (exact) mass is 358 g/mol. The number of rotatable bonds is 6. The van der Waals surface area contributed by atoms with E-state index in [1.165, 1.54) is 12.0 Å². The second kappa shape index (κ2) is 6.90. The van der Waals surface area contributed by atoms with Crippen molar-refractivity contribution in [1.29, 1.82) is 0 Å². The van der Waals surface area contributed by atoms with Gasteiger partial charge in [-0.25, -0.2) is 0 Å². The maximum absolute atomic E-state index is 12.6. The minimum atomic E-state index is -0.0261. The zero-order valence-corrected chi connectivity index (χ0v) is 17.2. The fraction of sp³-hybridized carbons (Fsp3) is 0.696. The van der Waals surface area contributed by atoms with Crippen LogP contribution >= 0.6 is 0 Å². The Morgan fingerprint density at radius 2 is 1.88 bits per heavy atom. The van der Waals surface area contributed by atoms with Crippen LogP contribution < -0.4 is 4.74 Å². The van der Waals surface area contributed by atoms with Crippen LogP contribution in [0.1, 0.15) is 59.4 Å². The van der Waals surface area contributed by atoms with Crippen molar-refractivity contribution in [2.45, 2.75) is 66.4 Å². The molecule has 0 heterocycles. The van der Waals surface area contributed by atoms with Gasteiger partial charge in [0.15, 0.2) is 0 Å². The average molecular weight is 359 g/mol. The van der Waals surface area contributed by atoms with Gasteiger partial charge in [0, 0.05) is 11.3 Å². The van der Waals surface area contributed by atoms with E-state index in [1.807, 2.05) is 26.0 Å². The summed E-state index contributed by atoms with van der Waals surface area (Å²) in [4.78, 5) is 12.6. The van der Waals surface area contributed by atoms with Gasteiger partial charge in [0.25, 0.3) is 0 Å². The van der Waals surface area contributed by atoms with Crippen molar-refractivity contribution in [2.75, 3.05) is 7.11 Å². The summed E-state index contributed by atoms with van der Waals surface area (Å²) in [5.41, 5.74) is 1.56. The molecule has 3 rings (SSSR count). The van der Waals surface area contributed by atoms with Crippen molar-refractivity contribution in [3.05, 3.63) is 29.8 Å². The molecule has 26 heavy (non-hydrogen) atoms. The van der Waals surface area contributed by atoms with E-state index in [4.69, 9.17) is 9.47 Å². The van der Waals surface area contributed by atoms with Crippen LogP contribution in [0.2, 0.25) is 0 Å². The van der Waals surface area contributed by atoms with Gasteiger partial charge < -0.3 is 9.47 Å². The van der Waals surface area contributed by atoms with Crippen LogP contribution in [0, 0.1) is 28.6 Å². The highest BCUT2D eigenvalue weighted by Crippen LogP contribution is 2.69. The number of carbonyl (C=O) groups excluding carboxylic acids is 1. The van der Waals surface area contributed by atoms with Crippen molar-refractivity contribution < 1.29 is 14.3 Å². The van der Waals surface area contributed by atoms with Gasteiger partial charge in [-0.1, -0.05) is 46.8 Å². The van der Waals surface area contributed by atoms with Crippen LogP contribution in [-0.2, 0) is 16.0 Å². The number of hydrogen-bond acceptors (Lipinski definition) is 3. The number of benzene rings is 1. The molecule has 3 nitrogen and oxygen atoms in total. The van der Waals surface area contributed by atoms with Gasteiger partial charge in [-0.05, 0) is 54.7 Å². The largest absolute Gasteiger partial charge is 0.497 e. The van der Waals surface area contributed by atoms with Crippen LogP contribution in [0.4, 0.5) is 0 Å². The smallest absolute Gasteiger partial charge is 0.308 e. The molecule has 2 saturated carbocycles. The Labute approximate surface area is 158 Å². The Morgan fingerprint density at radius 1 is 1.23 bits per heavy atom. The second-order valence-electron chi connectivity index (χ2n) is 9.17. The molecule has 2 bridgehead atoms. The lowest BCUT2D eigenvalue weighted by Crippen LogP contribution is -2.42. The number of hydrogen-bond donors (Lipinski definition) is 0. The van der Waals surface area contributed by atoms with E-state index in [1.54, 1.807) is 7.11 Å². The van der Waals surface area contributed by atoms with E-state index in [9.17, 15) is 4.79 Å². The quantitative estimate of drug-likeness (QED) is 0.650. The van der Waals surface area contributed by atoms with E-state index in [0.29, 0.717) is 11.8 Å². The Bertz CT molecular complexity index is 648. The number of esters is 1. The van der Waals surface area contributed by atoms with Gasteiger partial charge in [0.2, 0.25) is 0 Å². The lowest BCUT2D eigenvalue weighted by Gasteiger charge is -2.40. The third kappa shape index (κ3) is 2.93. The molecule has 0 radical (unpaired) electrons. The molecule has 2 aliphatic rings. The molecule has 0 spiro atoms. The van der Waals surface area contributed by atoms with Crippen molar-refractivity contribution in [2.24, 2.45) is 28.6 Å². The first-order valence-corrected chi connectivity index (χ1v) is 10.1. The van der Waals surface area contributed by atoms with Gasteiger partial charge in [0.1, 0.15) is 11.9 Å². The molecular formula is C23H34O3. The molecule has 3 heteroatoms. The first-order chi connectivity index (χ1) is 12.2. The van der Waals surface area contributed by atoms with Crippen LogP contribution in [-0.4, -0.2) is 19.2 Å². The summed E-state index contributed by atoms with van der Waals surface area (Å²) in [6.45, 7) is 11.1. The normalized spacial score (nSPS) is 33.1. The van der Waals surface area contributed by atoms with Gasteiger partial charge in [-0.15, -0.1) is 0 Å². The van der Waals surface area contributed by atoms with Crippen molar-refractivity contribution in [3.63, 3.8) is 0 Å². The highest BCUT2D eigenvalue weighted by molar-refractivity contribution is 5.72. The average Bonchev–Trinajstić information content (AvgIpc) is 2.94. The Kier molecular flexibility index (Phi) is 5.11. The summed E-state index contributed by atoms with van der Waals surface area (Å²) in [5, 5.41) is 0. The molecule has 2 fully saturated rings. The molecular weight excluding hydrogens is 324 g/mol. The first kappa shape index (κ1) is 19.3. The maximum atomic E-state index is 12.6. The number of ether oxygens (including phenoxy) is 2. The van der Waals surface area contributed by atoms with Gasteiger partial charge in [-0.3, -0.25) is 4.79 Å². The first-order valence-electron chi connectivity index (χ1n) is 10.1. The molecule has 0 saturated heterocycles. The summed E-state index contributed by atoms with van der Waals surface area (Å²) in [5.74, 6) is 1.83. The summed E-state index contributed by atoms with van der Waals surface area (Å²) in [6.07, 6.45) is 4.20. The third-order valence-corrected chi connectivity index (χ3v) is 7.80. The fourth-order valence-electron chi connectivity index (χ4n) is 5.41. The predicted octanol–water partition coefficient (Wildman–Crippen LogP) is 5.27. The summed E-state index contributed by atoms with van der Waals surface area (Å²) >= 11 is 0. The molecule has 0 aromatic heterocycles. The SMILES string of the molecule is CC[C@@H](C)C(=O)O[C@@H]1[C@@H](Cc2ccc(OC)cc2)[C@H]2CC[C@]1(C)C2(C)C. The summed E-state index contributed by atoms with van der Waals surface area (Å²) < 4.78 is 11.5. The topological polar surface area (TPSA) is 35.5 Å². The maximum Gasteiger partial charge on any atom is 0.308 e. The zero-order chi connectivity index (χ0) is 19.1. The minimum Gasteiger partial charge on any atom is -0.497 e.